The van der Waals surface area contributed by atoms with Crippen molar-refractivity contribution in [2.45, 2.75) is 65.6 Å². The Hall–Kier alpha value is -3.39. The van der Waals surface area contributed by atoms with E-state index >= 15 is 0 Å². The summed E-state index contributed by atoms with van der Waals surface area (Å²) < 4.78 is 13.2. The predicted octanol–water partition coefficient (Wildman–Crippen LogP) is 4.56. The van der Waals surface area contributed by atoms with Crippen molar-refractivity contribution in [3.63, 3.8) is 0 Å². The smallest absolute Gasteiger partial charge is 0.413 e. The van der Waals surface area contributed by atoms with Gasteiger partial charge in [0.2, 0.25) is 5.95 Å². The first-order valence-corrected chi connectivity index (χ1v) is 15.6. The minimum absolute atomic E-state index is 0.0345. The normalized spacial score (nSPS) is 13.6. The molecule has 1 fully saturated rings. The number of ether oxygens (including phenoxy) is 2. The number of hydrogen-bond donors (Lipinski definition) is 3. The van der Waals surface area contributed by atoms with Crippen LogP contribution in [-0.4, -0.2) is 82.0 Å². The highest BCUT2D eigenvalue weighted by atomic mass is 32.1. The van der Waals surface area contributed by atoms with Gasteiger partial charge in [-0.1, -0.05) is 39.3 Å². The SMILES string of the molecule is CC.CCCCN(CCO)c1nc(NC(=O)OC)nc2cn(Cc3ccc(CNC4CCOCC4)c4scnc34)nc12. The summed E-state index contributed by atoms with van der Waals surface area (Å²) in [7, 11) is 1.29. The van der Waals surface area contributed by atoms with Crippen LogP contribution in [0.25, 0.3) is 21.3 Å². The number of thiazole rings is 1. The number of nitrogens with zero attached hydrogens (tertiary/aromatic N) is 6. The molecule has 1 aromatic carbocycles. The summed E-state index contributed by atoms with van der Waals surface area (Å²) in [6.45, 7) is 10.1. The number of anilines is 2. The van der Waals surface area contributed by atoms with Crippen LogP contribution in [0.5, 0.6) is 0 Å². The van der Waals surface area contributed by atoms with Crippen LogP contribution in [0.2, 0.25) is 0 Å². The van der Waals surface area contributed by atoms with Crippen molar-refractivity contribution in [1.82, 2.24) is 30.0 Å². The van der Waals surface area contributed by atoms with Gasteiger partial charge in [-0.05, 0) is 24.8 Å². The number of benzene rings is 1. The van der Waals surface area contributed by atoms with Crippen molar-refractivity contribution in [2.75, 3.05) is 50.2 Å². The molecule has 1 saturated heterocycles. The number of aliphatic hydroxyl groups excluding tert-OH is 1. The summed E-state index contributed by atoms with van der Waals surface area (Å²) in [6, 6.07) is 4.76. The number of aromatic nitrogens is 5. The van der Waals surface area contributed by atoms with E-state index in [2.05, 4.69) is 44.6 Å². The minimum Gasteiger partial charge on any atom is -0.453 e. The Labute approximate surface area is 250 Å². The summed E-state index contributed by atoms with van der Waals surface area (Å²) in [5.74, 6) is 0.683. The average molecular weight is 599 g/mol. The largest absolute Gasteiger partial charge is 0.453 e. The molecular formula is C29H42N8O4S. The van der Waals surface area contributed by atoms with Crippen LogP contribution in [0.3, 0.4) is 0 Å². The topological polar surface area (TPSA) is 140 Å². The van der Waals surface area contributed by atoms with Crippen LogP contribution < -0.4 is 15.5 Å². The zero-order chi connectivity index (χ0) is 29.9. The highest BCUT2D eigenvalue weighted by Gasteiger charge is 2.20. The highest BCUT2D eigenvalue weighted by molar-refractivity contribution is 7.17. The quantitative estimate of drug-likeness (QED) is 0.213. The maximum Gasteiger partial charge on any atom is 0.413 e. The summed E-state index contributed by atoms with van der Waals surface area (Å²) in [5.41, 5.74) is 6.34. The molecule has 3 aromatic heterocycles. The monoisotopic (exact) mass is 598 g/mol. The van der Waals surface area contributed by atoms with E-state index in [1.807, 2.05) is 35.1 Å². The number of unbranched alkanes of at least 4 members (excludes halogenated alkanes) is 1. The molecule has 228 valence electrons. The molecule has 0 radical (unpaired) electrons. The first-order valence-electron chi connectivity index (χ1n) is 14.7. The first-order chi connectivity index (χ1) is 20.6. The molecule has 0 spiro atoms. The molecule has 4 aromatic rings. The molecule has 42 heavy (non-hydrogen) atoms. The summed E-state index contributed by atoms with van der Waals surface area (Å²) in [5, 5.41) is 20.8. The molecule has 0 aliphatic carbocycles. The van der Waals surface area contributed by atoms with Crippen LogP contribution >= 0.6 is 11.3 Å². The van der Waals surface area contributed by atoms with Crippen molar-refractivity contribution < 1.29 is 19.4 Å². The molecule has 3 N–H and O–H groups in total. The maximum atomic E-state index is 11.9. The minimum atomic E-state index is -0.655. The van der Waals surface area contributed by atoms with Gasteiger partial charge in [-0.15, -0.1) is 11.3 Å². The van der Waals surface area contributed by atoms with Gasteiger partial charge >= 0.3 is 6.09 Å². The van der Waals surface area contributed by atoms with E-state index in [4.69, 9.17) is 14.6 Å². The lowest BCUT2D eigenvalue weighted by atomic mass is 10.1. The number of carbonyl (C=O) groups excluding carboxylic acids is 1. The van der Waals surface area contributed by atoms with Crippen LogP contribution in [0, 0.1) is 0 Å². The molecule has 12 nitrogen and oxygen atoms in total. The second-order valence-corrected chi connectivity index (χ2v) is 10.6. The fraction of sp³-hybridized carbons (Fsp3) is 0.552. The van der Waals surface area contributed by atoms with Crippen molar-refractivity contribution in [2.24, 2.45) is 0 Å². The molecule has 0 bridgehead atoms. The van der Waals surface area contributed by atoms with E-state index in [-0.39, 0.29) is 12.6 Å². The molecule has 4 heterocycles. The fourth-order valence-electron chi connectivity index (χ4n) is 4.89. The Morgan fingerprint density at radius 3 is 2.71 bits per heavy atom. The second-order valence-electron chi connectivity index (χ2n) is 9.79. The summed E-state index contributed by atoms with van der Waals surface area (Å²) in [4.78, 5) is 27.7. The third-order valence-electron chi connectivity index (χ3n) is 7.03. The average Bonchev–Trinajstić information content (AvgIpc) is 3.68. The van der Waals surface area contributed by atoms with Crippen molar-refractivity contribution in [3.8, 4) is 0 Å². The van der Waals surface area contributed by atoms with Gasteiger partial charge < -0.3 is 24.8 Å². The van der Waals surface area contributed by atoms with E-state index in [0.29, 0.717) is 42.5 Å². The van der Waals surface area contributed by atoms with E-state index < -0.39 is 6.09 Å². The van der Waals surface area contributed by atoms with Gasteiger partial charge in [0.1, 0.15) is 5.52 Å². The number of rotatable bonds is 12. The van der Waals surface area contributed by atoms with E-state index in [0.717, 1.165) is 56.5 Å². The van der Waals surface area contributed by atoms with Gasteiger partial charge in [-0.2, -0.15) is 10.1 Å². The fourth-order valence-corrected chi connectivity index (χ4v) is 5.74. The maximum absolute atomic E-state index is 11.9. The van der Waals surface area contributed by atoms with Crippen molar-refractivity contribution in [1.29, 1.82) is 0 Å². The predicted molar refractivity (Wildman–Crippen MR) is 166 cm³/mol. The Morgan fingerprint density at radius 1 is 1.19 bits per heavy atom. The number of fused-ring (bicyclic) bond motifs is 2. The van der Waals surface area contributed by atoms with Crippen LogP contribution in [0.4, 0.5) is 16.6 Å². The third kappa shape index (κ3) is 7.71. The molecule has 0 saturated carbocycles. The van der Waals surface area contributed by atoms with Crippen LogP contribution in [0.15, 0.2) is 23.8 Å². The lowest BCUT2D eigenvalue weighted by molar-refractivity contribution is 0.0776. The van der Waals surface area contributed by atoms with Crippen molar-refractivity contribution in [3.05, 3.63) is 35.0 Å². The number of nitrogens with one attached hydrogen (secondary N) is 2. The van der Waals surface area contributed by atoms with Gasteiger partial charge in [-0.3, -0.25) is 10.00 Å². The molecule has 13 heteroatoms. The van der Waals surface area contributed by atoms with Crippen LogP contribution in [-0.2, 0) is 22.6 Å². The summed E-state index contributed by atoms with van der Waals surface area (Å²) in [6.07, 6.45) is 5.17. The van der Waals surface area contributed by atoms with E-state index in [1.165, 1.54) is 17.4 Å². The highest BCUT2D eigenvalue weighted by Crippen LogP contribution is 2.29. The third-order valence-corrected chi connectivity index (χ3v) is 7.93. The molecule has 0 unspecified atom stereocenters. The number of aliphatic hydroxyl groups is 1. The Balaban J connectivity index is 0.00000198. The Morgan fingerprint density at radius 2 is 1.98 bits per heavy atom. The zero-order valence-electron chi connectivity index (χ0n) is 24.9. The van der Waals surface area contributed by atoms with Gasteiger partial charge in [0.25, 0.3) is 0 Å². The Bertz CT molecular complexity index is 1440. The molecule has 0 atom stereocenters. The molecule has 5 rings (SSSR count). The lowest BCUT2D eigenvalue weighted by Gasteiger charge is -2.23. The van der Waals surface area contributed by atoms with Gasteiger partial charge in [0, 0.05) is 44.5 Å². The molecule has 1 aliphatic rings. The number of hydrogen-bond acceptors (Lipinski definition) is 11. The molecule has 1 aliphatic heterocycles. The van der Waals surface area contributed by atoms with Gasteiger partial charge in [-0.25, -0.2) is 14.8 Å². The number of amides is 1. The van der Waals surface area contributed by atoms with Crippen LogP contribution in [0.1, 0.15) is 57.6 Å². The summed E-state index contributed by atoms with van der Waals surface area (Å²) >= 11 is 1.65. The van der Waals surface area contributed by atoms with Gasteiger partial charge in [0.15, 0.2) is 11.3 Å². The standard InChI is InChI=1S/C27H36N8O4S.C2H6/c1-3-4-9-34(10-11-36)25-23-21(30-26(31-25)32-27(37)38-2)16-35(33-23)15-19-6-5-18(24-22(19)29-17-40-24)14-28-20-7-12-39-13-8-20;1-2/h5-6,16-17,20,28,36H,3-4,7-15H2,1-2H3,(H,30,32,37);1-2H3. The van der Waals surface area contributed by atoms with E-state index in [1.54, 1.807) is 11.3 Å². The van der Waals surface area contributed by atoms with E-state index in [9.17, 15) is 9.90 Å². The molecular weight excluding hydrogens is 556 g/mol. The molecule has 1 amide bonds. The zero-order valence-corrected chi connectivity index (χ0v) is 25.7. The van der Waals surface area contributed by atoms with Crippen molar-refractivity contribution >= 4 is 50.4 Å². The lowest BCUT2D eigenvalue weighted by Crippen LogP contribution is -2.34. The van der Waals surface area contributed by atoms with Gasteiger partial charge in [0.05, 0.1) is 42.2 Å². The second kappa shape index (κ2) is 15.7. The number of methoxy groups -OCH3 is 1. The first kappa shape index (κ1) is 31.5. The Kier molecular flexibility index (Phi) is 11.8. The number of carbonyl (C=O) groups is 1.